The minimum Gasteiger partial charge on any atom is -0.367 e. The van der Waals surface area contributed by atoms with Gasteiger partial charge in [0.1, 0.15) is 5.82 Å². The SMILES string of the molecule is CC(=O)c1cccc(-c2ncc(C)c(NC3CC3)n2)c1. The summed E-state index contributed by atoms with van der Waals surface area (Å²) in [5.41, 5.74) is 2.60. The molecule has 1 aromatic carbocycles. The summed E-state index contributed by atoms with van der Waals surface area (Å²) in [7, 11) is 0. The molecule has 3 rings (SSSR count). The van der Waals surface area contributed by atoms with E-state index in [4.69, 9.17) is 0 Å². The number of Topliss-reactive ketones (excluding diaryl/α,β-unsaturated/α-hetero) is 1. The van der Waals surface area contributed by atoms with Crippen molar-refractivity contribution in [2.45, 2.75) is 32.7 Å². The fraction of sp³-hybridized carbons (Fsp3) is 0.312. The van der Waals surface area contributed by atoms with Crippen LogP contribution in [-0.4, -0.2) is 21.8 Å². The van der Waals surface area contributed by atoms with E-state index < -0.39 is 0 Å². The number of rotatable bonds is 4. The van der Waals surface area contributed by atoms with E-state index in [9.17, 15) is 4.79 Å². The number of nitrogens with one attached hydrogen (secondary N) is 1. The summed E-state index contributed by atoms with van der Waals surface area (Å²) in [5.74, 6) is 1.60. The van der Waals surface area contributed by atoms with Crippen LogP contribution in [0.5, 0.6) is 0 Å². The number of carbonyl (C=O) groups is 1. The van der Waals surface area contributed by atoms with Crippen molar-refractivity contribution in [2.24, 2.45) is 0 Å². The Bertz CT molecular complexity index is 663. The Balaban J connectivity index is 1.96. The van der Waals surface area contributed by atoms with E-state index in [1.165, 1.54) is 12.8 Å². The van der Waals surface area contributed by atoms with E-state index in [-0.39, 0.29) is 5.78 Å². The van der Waals surface area contributed by atoms with Gasteiger partial charge in [0.25, 0.3) is 0 Å². The molecule has 4 nitrogen and oxygen atoms in total. The van der Waals surface area contributed by atoms with E-state index >= 15 is 0 Å². The third kappa shape index (κ3) is 2.69. The molecular formula is C16H17N3O. The number of hydrogen-bond acceptors (Lipinski definition) is 4. The van der Waals surface area contributed by atoms with Crippen LogP contribution in [0.15, 0.2) is 30.5 Å². The van der Waals surface area contributed by atoms with Crippen molar-refractivity contribution in [1.82, 2.24) is 9.97 Å². The van der Waals surface area contributed by atoms with Gasteiger partial charge in [-0.3, -0.25) is 4.79 Å². The molecule has 2 aromatic rings. The molecule has 0 spiro atoms. The molecule has 0 radical (unpaired) electrons. The average molecular weight is 267 g/mol. The summed E-state index contributed by atoms with van der Waals surface area (Å²) in [5, 5.41) is 3.41. The predicted molar refractivity (Wildman–Crippen MR) is 78.9 cm³/mol. The minimum atomic E-state index is 0.0512. The highest BCUT2D eigenvalue weighted by atomic mass is 16.1. The summed E-state index contributed by atoms with van der Waals surface area (Å²) in [6.45, 7) is 3.57. The molecule has 1 fully saturated rings. The van der Waals surface area contributed by atoms with Crippen molar-refractivity contribution in [2.75, 3.05) is 5.32 Å². The number of anilines is 1. The molecule has 1 heterocycles. The van der Waals surface area contributed by atoms with Crippen LogP contribution in [0.2, 0.25) is 0 Å². The second-order valence-corrected chi connectivity index (χ2v) is 5.28. The van der Waals surface area contributed by atoms with Crippen LogP contribution in [0, 0.1) is 6.92 Å². The quantitative estimate of drug-likeness (QED) is 0.864. The lowest BCUT2D eigenvalue weighted by atomic mass is 10.1. The van der Waals surface area contributed by atoms with Gasteiger partial charge in [0, 0.05) is 28.9 Å². The first-order chi connectivity index (χ1) is 9.63. The monoisotopic (exact) mass is 267 g/mol. The van der Waals surface area contributed by atoms with Gasteiger partial charge in [0.15, 0.2) is 11.6 Å². The van der Waals surface area contributed by atoms with Crippen molar-refractivity contribution in [3.05, 3.63) is 41.6 Å². The second-order valence-electron chi connectivity index (χ2n) is 5.28. The van der Waals surface area contributed by atoms with Crippen molar-refractivity contribution in [3.63, 3.8) is 0 Å². The van der Waals surface area contributed by atoms with Gasteiger partial charge in [0.2, 0.25) is 0 Å². The molecule has 1 aliphatic rings. The molecule has 0 bridgehead atoms. The lowest BCUT2D eigenvalue weighted by Gasteiger charge is -2.09. The third-order valence-corrected chi connectivity index (χ3v) is 3.42. The Morgan fingerprint density at radius 2 is 2.15 bits per heavy atom. The molecule has 1 aromatic heterocycles. The van der Waals surface area contributed by atoms with Gasteiger partial charge >= 0.3 is 0 Å². The van der Waals surface area contributed by atoms with Crippen molar-refractivity contribution in [1.29, 1.82) is 0 Å². The summed E-state index contributed by atoms with van der Waals surface area (Å²) in [6.07, 6.45) is 4.24. The Labute approximate surface area is 118 Å². The highest BCUT2D eigenvalue weighted by Crippen LogP contribution is 2.26. The lowest BCUT2D eigenvalue weighted by Crippen LogP contribution is -2.06. The Morgan fingerprint density at radius 1 is 1.35 bits per heavy atom. The molecule has 20 heavy (non-hydrogen) atoms. The number of hydrogen-bond donors (Lipinski definition) is 1. The van der Waals surface area contributed by atoms with Gasteiger partial charge in [-0.1, -0.05) is 18.2 Å². The van der Waals surface area contributed by atoms with Gasteiger partial charge < -0.3 is 5.32 Å². The van der Waals surface area contributed by atoms with Crippen molar-refractivity contribution < 1.29 is 4.79 Å². The van der Waals surface area contributed by atoms with Crippen LogP contribution < -0.4 is 5.32 Å². The Morgan fingerprint density at radius 3 is 2.85 bits per heavy atom. The number of carbonyl (C=O) groups excluding carboxylic acids is 1. The molecule has 1 saturated carbocycles. The molecule has 102 valence electrons. The average Bonchev–Trinajstić information content (AvgIpc) is 3.25. The molecule has 0 amide bonds. The fourth-order valence-electron chi connectivity index (χ4n) is 2.03. The number of nitrogens with zero attached hydrogens (tertiary/aromatic N) is 2. The first kappa shape index (κ1) is 12.8. The topological polar surface area (TPSA) is 54.9 Å². The van der Waals surface area contributed by atoms with Gasteiger partial charge in [-0.25, -0.2) is 9.97 Å². The highest BCUT2D eigenvalue weighted by Gasteiger charge is 2.22. The molecule has 1 N–H and O–H groups in total. The van der Waals surface area contributed by atoms with E-state index in [0.717, 1.165) is 16.9 Å². The summed E-state index contributed by atoms with van der Waals surface area (Å²) >= 11 is 0. The molecule has 0 saturated heterocycles. The van der Waals surface area contributed by atoms with Crippen LogP contribution in [0.3, 0.4) is 0 Å². The van der Waals surface area contributed by atoms with Crippen LogP contribution in [-0.2, 0) is 0 Å². The third-order valence-electron chi connectivity index (χ3n) is 3.42. The number of aromatic nitrogens is 2. The zero-order valence-corrected chi connectivity index (χ0v) is 11.7. The Hall–Kier alpha value is -2.23. The molecule has 0 aliphatic heterocycles. The summed E-state index contributed by atoms with van der Waals surface area (Å²) in [6, 6.07) is 8.00. The normalized spacial score (nSPS) is 14.1. The summed E-state index contributed by atoms with van der Waals surface area (Å²) < 4.78 is 0. The summed E-state index contributed by atoms with van der Waals surface area (Å²) in [4.78, 5) is 20.4. The number of benzene rings is 1. The molecule has 0 unspecified atom stereocenters. The van der Waals surface area contributed by atoms with E-state index in [0.29, 0.717) is 17.4 Å². The van der Waals surface area contributed by atoms with Crippen molar-refractivity contribution >= 4 is 11.6 Å². The first-order valence-electron chi connectivity index (χ1n) is 6.85. The zero-order chi connectivity index (χ0) is 14.1. The number of aryl methyl sites for hydroxylation is 1. The van der Waals surface area contributed by atoms with E-state index in [2.05, 4.69) is 15.3 Å². The predicted octanol–water partition coefficient (Wildman–Crippen LogP) is 3.23. The number of ketones is 1. The smallest absolute Gasteiger partial charge is 0.161 e. The highest BCUT2D eigenvalue weighted by molar-refractivity contribution is 5.95. The van der Waals surface area contributed by atoms with Crippen LogP contribution in [0.1, 0.15) is 35.7 Å². The largest absolute Gasteiger partial charge is 0.367 e. The van der Waals surface area contributed by atoms with E-state index in [1.807, 2.05) is 37.4 Å². The lowest BCUT2D eigenvalue weighted by molar-refractivity contribution is 0.101. The van der Waals surface area contributed by atoms with Gasteiger partial charge in [0.05, 0.1) is 0 Å². The van der Waals surface area contributed by atoms with Crippen LogP contribution in [0.4, 0.5) is 5.82 Å². The maximum atomic E-state index is 11.5. The minimum absolute atomic E-state index is 0.0512. The Kier molecular flexibility index (Phi) is 3.22. The van der Waals surface area contributed by atoms with Crippen molar-refractivity contribution in [3.8, 4) is 11.4 Å². The standard InChI is InChI=1S/C16H17N3O/c1-10-9-17-16(19-15(10)18-14-6-7-14)13-5-3-4-12(8-13)11(2)20/h3-5,8-9,14H,6-7H2,1-2H3,(H,17,18,19). The maximum absolute atomic E-state index is 11.5. The van der Waals surface area contributed by atoms with Crippen LogP contribution >= 0.6 is 0 Å². The second kappa shape index (κ2) is 5.04. The van der Waals surface area contributed by atoms with Gasteiger partial charge in [-0.2, -0.15) is 0 Å². The fourth-order valence-corrected chi connectivity index (χ4v) is 2.03. The zero-order valence-electron chi connectivity index (χ0n) is 11.7. The van der Waals surface area contributed by atoms with Gasteiger partial charge in [-0.05, 0) is 32.8 Å². The van der Waals surface area contributed by atoms with Gasteiger partial charge in [-0.15, -0.1) is 0 Å². The van der Waals surface area contributed by atoms with E-state index in [1.54, 1.807) is 6.92 Å². The molecule has 1 aliphatic carbocycles. The van der Waals surface area contributed by atoms with Crippen LogP contribution in [0.25, 0.3) is 11.4 Å². The molecular weight excluding hydrogens is 250 g/mol. The molecule has 4 heteroatoms. The molecule has 0 atom stereocenters. The maximum Gasteiger partial charge on any atom is 0.161 e. The first-order valence-corrected chi connectivity index (χ1v) is 6.85.